The summed E-state index contributed by atoms with van der Waals surface area (Å²) in [5, 5.41) is 8.77. The van der Waals surface area contributed by atoms with E-state index in [1.54, 1.807) is 12.1 Å². The molecule has 0 spiro atoms. The van der Waals surface area contributed by atoms with Crippen LogP contribution in [0.15, 0.2) is 36.6 Å². The first kappa shape index (κ1) is 8.53. The lowest BCUT2D eigenvalue weighted by molar-refractivity contribution is -0.111. The van der Waals surface area contributed by atoms with Crippen LogP contribution in [-0.2, 0) is 4.79 Å². The topological polar surface area (TPSA) is 37.3 Å². The molecule has 0 radical (unpaired) electrons. The zero-order valence-corrected chi connectivity index (χ0v) is 6.82. The van der Waals surface area contributed by atoms with E-state index in [-0.39, 0.29) is 5.78 Å². The van der Waals surface area contributed by atoms with Gasteiger partial charge in [-0.2, -0.15) is 0 Å². The molecule has 0 amide bonds. The largest absolute Gasteiger partial charge is 0.515 e. The normalized spacial score (nSPS) is 11.2. The summed E-state index contributed by atoms with van der Waals surface area (Å²) in [6.07, 6.45) is 0.845. The summed E-state index contributed by atoms with van der Waals surface area (Å²) in [4.78, 5) is 10.9. The smallest absolute Gasteiger partial charge is 0.163 e. The number of carbonyl (C=O) groups excluding carboxylic acids is 1. The number of benzene rings is 1. The van der Waals surface area contributed by atoms with Gasteiger partial charge in [-0.05, 0) is 12.5 Å². The first-order chi connectivity index (χ1) is 5.75. The highest BCUT2D eigenvalue weighted by Crippen LogP contribution is 2.13. The van der Waals surface area contributed by atoms with Crippen molar-refractivity contribution in [2.24, 2.45) is 0 Å². The van der Waals surface area contributed by atoms with Gasteiger partial charge in [-0.15, -0.1) is 0 Å². The molecule has 2 nitrogen and oxygen atoms in total. The van der Waals surface area contributed by atoms with Crippen LogP contribution in [0.1, 0.15) is 12.5 Å². The fourth-order valence-electron chi connectivity index (χ4n) is 0.986. The van der Waals surface area contributed by atoms with Crippen molar-refractivity contribution >= 4 is 11.4 Å². The van der Waals surface area contributed by atoms with E-state index in [0.29, 0.717) is 5.57 Å². The van der Waals surface area contributed by atoms with E-state index in [1.807, 2.05) is 18.2 Å². The molecular weight excluding hydrogens is 152 g/mol. The molecule has 1 rings (SSSR count). The predicted molar refractivity (Wildman–Crippen MR) is 47.7 cm³/mol. The van der Waals surface area contributed by atoms with Gasteiger partial charge in [0.2, 0.25) is 0 Å². The summed E-state index contributed by atoms with van der Waals surface area (Å²) >= 11 is 0. The summed E-state index contributed by atoms with van der Waals surface area (Å²) in [5.74, 6) is -0.135. The van der Waals surface area contributed by atoms with Crippen molar-refractivity contribution < 1.29 is 9.90 Å². The molecule has 0 unspecified atom stereocenters. The first-order valence-corrected chi connectivity index (χ1v) is 3.66. The van der Waals surface area contributed by atoms with E-state index in [4.69, 9.17) is 5.11 Å². The van der Waals surface area contributed by atoms with Gasteiger partial charge in [-0.1, -0.05) is 30.3 Å². The molecule has 2 heteroatoms. The number of aliphatic hydroxyl groups is 1. The Morgan fingerprint density at radius 1 is 1.33 bits per heavy atom. The zero-order valence-electron chi connectivity index (χ0n) is 6.82. The van der Waals surface area contributed by atoms with E-state index >= 15 is 0 Å². The average Bonchev–Trinajstić information content (AvgIpc) is 2.07. The van der Waals surface area contributed by atoms with Gasteiger partial charge in [0.05, 0.1) is 11.8 Å². The first-order valence-electron chi connectivity index (χ1n) is 3.66. The van der Waals surface area contributed by atoms with Crippen LogP contribution in [0.4, 0.5) is 0 Å². The van der Waals surface area contributed by atoms with Gasteiger partial charge in [-0.3, -0.25) is 4.79 Å². The standard InChI is InChI=1S/C10H10O2/c1-8(12)10(7-11)9-5-3-2-4-6-9/h2-7,11H,1H3/b10-7-. The third-order valence-electron chi connectivity index (χ3n) is 1.59. The number of ketones is 1. The molecule has 62 valence electrons. The van der Waals surface area contributed by atoms with Gasteiger partial charge in [0.1, 0.15) is 0 Å². The molecule has 0 aliphatic carbocycles. The van der Waals surface area contributed by atoms with Crippen molar-refractivity contribution in [3.8, 4) is 0 Å². The lowest BCUT2D eigenvalue weighted by atomic mass is 10.0. The Labute approximate surface area is 71.2 Å². The van der Waals surface area contributed by atoms with Crippen LogP contribution < -0.4 is 0 Å². The van der Waals surface area contributed by atoms with Crippen LogP contribution >= 0.6 is 0 Å². The van der Waals surface area contributed by atoms with E-state index in [0.717, 1.165) is 11.8 Å². The monoisotopic (exact) mass is 162 g/mol. The maximum Gasteiger partial charge on any atom is 0.163 e. The maximum absolute atomic E-state index is 10.9. The van der Waals surface area contributed by atoms with E-state index in [2.05, 4.69) is 0 Å². The Morgan fingerprint density at radius 2 is 1.92 bits per heavy atom. The van der Waals surface area contributed by atoms with Gasteiger partial charge in [-0.25, -0.2) is 0 Å². The fourth-order valence-corrected chi connectivity index (χ4v) is 0.986. The van der Waals surface area contributed by atoms with E-state index in [9.17, 15) is 4.79 Å². The summed E-state index contributed by atoms with van der Waals surface area (Å²) in [7, 11) is 0. The molecule has 0 aliphatic heterocycles. The molecule has 1 aromatic rings. The lowest BCUT2D eigenvalue weighted by Crippen LogP contribution is -1.95. The van der Waals surface area contributed by atoms with Gasteiger partial charge in [0.15, 0.2) is 5.78 Å². The quantitative estimate of drug-likeness (QED) is 0.534. The molecular formula is C10H10O2. The van der Waals surface area contributed by atoms with E-state index < -0.39 is 0 Å². The zero-order chi connectivity index (χ0) is 8.97. The van der Waals surface area contributed by atoms with Crippen molar-refractivity contribution in [1.82, 2.24) is 0 Å². The van der Waals surface area contributed by atoms with Gasteiger partial charge in [0.25, 0.3) is 0 Å². The predicted octanol–water partition coefficient (Wildman–Crippen LogP) is 2.17. The molecule has 0 saturated heterocycles. The molecule has 0 aliphatic rings. The van der Waals surface area contributed by atoms with Crippen LogP contribution in [0.3, 0.4) is 0 Å². The molecule has 0 heterocycles. The molecule has 1 N–H and O–H groups in total. The van der Waals surface area contributed by atoms with Gasteiger partial charge in [0, 0.05) is 0 Å². The number of hydrogen-bond acceptors (Lipinski definition) is 2. The summed E-state index contributed by atoms with van der Waals surface area (Å²) in [6, 6.07) is 9.06. The second-order valence-electron chi connectivity index (χ2n) is 2.46. The highest BCUT2D eigenvalue weighted by atomic mass is 16.2. The van der Waals surface area contributed by atoms with Crippen LogP contribution in [0.25, 0.3) is 5.57 Å². The number of rotatable bonds is 2. The minimum Gasteiger partial charge on any atom is -0.515 e. The average molecular weight is 162 g/mol. The van der Waals surface area contributed by atoms with Gasteiger partial charge < -0.3 is 5.11 Å². The third-order valence-corrected chi connectivity index (χ3v) is 1.59. The molecule has 0 bridgehead atoms. The molecule has 0 fully saturated rings. The van der Waals surface area contributed by atoms with Crippen molar-refractivity contribution in [2.45, 2.75) is 6.92 Å². The Morgan fingerprint density at radius 3 is 2.33 bits per heavy atom. The van der Waals surface area contributed by atoms with Crippen LogP contribution in [0.5, 0.6) is 0 Å². The maximum atomic E-state index is 10.9. The second-order valence-corrected chi connectivity index (χ2v) is 2.46. The number of carbonyl (C=O) groups is 1. The number of hydrogen-bond donors (Lipinski definition) is 1. The molecule has 0 atom stereocenters. The SMILES string of the molecule is CC(=O)/C(=C/O)c1ccccc1. The van der Waals surface area contributed by atoms with Crippen LogP contribution in [-0.4, -0.2) is 10.9 Å². The molecule has 12 heavy (non-hydrogen) atoms. The van der Waals surface area contributed by atoms with Crippen LogP contribution in [0.2, 0.25) is 0 Å². The van der Waals surface area contributed by atoms with E-state index in [1.165, 1.54) is 6.92 Å². The van der Waals surface area contributed by atoms with Crippen molar-refractivity contribution in [1.29, 1.82) is 0 Å². The highest BCUT2D eigenvalue weighted by molar-refractivity contribution is 6.19. The summed E-state index contributed by atoms with van der Waals surface area (Å²) < 4.78 is 0. The Kier molecular flexibility index (Phi) is 2.64. The number of allylic oxidation sites excluding steroid dienone is 1. The second kappa shape index (κ2) is 3.72. The third kappa shape index (κ3) is 1.72. The minimum absolute atomic E-state index is 0.135. The minimum atomic E-state index is -0.135. The number of aliphatic hydroxyl groups excluding tert-OH is 1. The molecule has 0 saturated carbocycles. The fraction of sp³-hybridized carbons (Fsp3) is 0.100. The Bertz CT molecular complexity index is 299. The van der Waals surface area contributed by atoms with Gasteiger partial charge >= 0.3 is 0 Å². The van der Waals surface area contributed by atoms with Crippen molar-refractivity contribution in [3.63, 3.8) is 0 Å². The molecule has 1 aromatic carbocycles. The number of Topliss-reactive ketones (excluding diaryl/α,β-unsaturated/α-hetero) is 1. The Hall–Kier alpha value is -1.57. The Balaban J connectivity index is 3.05. The summed E-state index contributed by atoms with van der Waals surface area (Å²) in [6.45, 7) is 1.43. The van der Waals surface area contributed by atoms with Crippen molar-refractivity contribution in [3.05, 3.63) is 42.2 Å². The van der Waals surface area contributed by atoms with Crippen LogP contribution in [0, 0.1) is 0 Å². The highest BCUT2D eigenvalue weighted by Gasteiger charge is 2.05. The summed E-state index contributed by atoms with van der Waals surface area (Å²) in [5.41, 5.74) is 1.09. The molecule has 0 aromatic heterocycles. The lowest BCUT2D eigenvalue weighted by Gasteiger charge is -1.99. The van der Waals surface area contributed by atoms with Crippen molar-refractivity contribution in [2.75, 3.05) is 0 Å².